The van der Waals surface area contributed by atoms with Crippen LogP contribution in [-0.2, 0) is 0 Å². The zero-order chi connectivity index (χ0) is 14.7. The second-order valence-electron chi connectivity index (χ2n) is 6.85. The molecule has 0 aliphatic rings. The van der Waals surface area contributed by atoms with Crippen molar-refractivity contribution in [2.75, 3.05) is 26.2 Å². The van der Waals surface area contributed by atoms with Gasteiger partial charge >= 0.3 is 0 Å². The van der Waals surface area contributed by atoms with Crippen LogP contribution in [0.4, 0.5) is 0 Å². The maximum atomic E-state index is 3.59. The molecule has 0 rings (SSSR count). The van der Waals surface area contributed by atoms with Crippen molar-refractivity contribution in [3.05, 3.63) is 0 Å². The second-order valence-corrected chi connectivity index (χ2v) is 6.85. The van der Waals surface area contributed by atoms with Gasteiger partial charge in [-0.25, -0.2) is 0 Å². The van der Waals surface area contributed by atoms with Crippen molar-refractivity contribution in [1.29, 1.82) is 0 Å². The van der Waals surface area contributed by atoms with E-state index in [1.54, 1.807) is 0 Å². The molecule has 2 heteroatoms. The van der Waals surface area contributed by atoms with E-state index in [1.165, 1.54) is 45.3 Å². The van der Waals surface area contributed by atoms with Gasteiger partial charge in [0.25, 0.3) is 0 Å². The highest BCUT2D eigenvalue weighted by Gasteiger charge is 2.09. The number of nitrogens with zero attached hydrogens (tertiary/aromatic N) is 1. The lowest BCUT2D eigenvalue weighted by atomic mass is 10.1. The zero-order valence-electron chi connectivity index (χ0n) is 14.3. The van der Waals surface area contributed by atoms with Gasteiger partial charge in [-0.15, -0.1) is 0 Å². The molecule has 1 N–H and O–H groups in total. The molecule has 0 saturated heterocycles. The van der Waals surface area contributed by atoms with Crippen LogP contribution in [0.25, 0.3) is 0 Å². The van der Waals surface area contributed by atoms with Crippen molar-refractivity contribution in [3.63, 3.8) is 0 Å². The van der Waals surface area contributed by atoms with Gasteiger partial charge in [0.1, 0.15) is 0 Å². The Hall–Kier alpha value is -0.0800. The first-order chi connectivity index (χ1) is 8.95. The molecule has 0 fully saturated rings. The van der Waals surface area contributed by atoms with Gasteiger partial charge in [-0.2, -0.15) is 0 Å². The van der Waals surface area contributed by atoms with Crippen molar-refractivity contribution in [2.45, 2.75) is 73.3 Å². The Morgan fingerprint density at radius 2 is 1.26 bits per heavy atom. The van der Waals surface area contributed by atoms with Crippen LogP contribution in [-0.4, -0.2) is 37.1 Å². The van der Waals surface area contributed by atoms with Gasteiger partial charge in [0.15, 0.2) is 0 Å². The smallest absolute Gasteiger partial charge is 0.00508 e. The summed E-state index contributed by atoms with van der Waals surface area (Å²) < 4.78 is 0. The number of hydrogen-bond donors (Lipinski definition) is 1. The first-order valence-corrected chi connectivity index (χ1v) is 8.41. The van der Waals surface area contributed by atoms with Crippen LogP contribution in [0.5, 0.6) is 0 Å². The average molecular weight is 271 g/mol. The summed E-state index contributed by atoms with van der Waals surface area (Å²) in [6.07, 6.45) is 5.16. The molecule has 19 heavy (non-hydrogen) atoms. The largest absolute Gasteiger partial charge is 0.314 e. The fourth-order valence-electron chi connectivity index (χ4n) is 2.09. The van der Waals surface area contributed by atoms with Crippen LogP contribution in [0.1, 0.15) is 67.2 Å². The Bertz CT molecular complexity index is 178. The van der Waals surface area contributed by atoms with E-state index >= 15 is 0 Å². The summed E-state index contributed by atoms with van der Waals surface area (Å²) in [7, 11) is 0. The molecule has 0 saturated carbocycles. The van der Waals surface area contributed by atoms with E-state index in [0.717, 1.165) is 18.4 Å². The van der Waals surface area contributed by atoms with Crippen molar-refractivity contribution in [1.82, 2.24) is 10.2 Å². The predicted octanol–water partition coefficient (Wildman–Crippen LogP) is 4.16. The molecule has 0 spiro atoms. The fraction of sp³-hybridized carbons (Fsp3) is 1.00. The molecule has 2 nitrogen and oxygen atoms in total. The standard InChI is InChI=1S/C17H38N2/c1-7-11-18-17(6)10-14-19(12-8-15(2)3)13-9-16(4)5/h15-18H,7-14H2,1-6H3. The van der Waals surface area contributed by atoms with E-state index in [4.69, 9.17) is 0 Å². The molecule has 0 amide bonds. The molecule has 0 bridgehead atoms. The molecule has 0 aliphatic heterocycles. The quantitative estimate of drug-likeness (QED) is 0.573. The zero-order valence-corrected chi connectivity index (χ0v) is 14.3. The van der Waals surface area contributed by atoms with Crippen molar-refractivity contribution < 1.29 is 0 Å². The van der Waals surface area contributed by atoms with Crippen LogP contribution in [0.15, 0.2) is 0 Å². The Morgan fingerprint density at radius 1 is 0.789 bits per heavy atom. The van der Waals surface area contributed by atoms with Gasteiger partial charge in [-0.05, 0) is 70.6 Å². The maximum Gasteiger partial charge on any atom is 0.00508 e. The van der Waals surface area contributed by atoms with Crippen LogP contribution >= 0.6 is 0 Å². The molecular weight excluding hydrogens is 232 g/mol. The number of nitrogens with one attached hydrogen (secondary N) is 1. The normalized spacial score (nSPS) is 13.7. The molecule has 1 unspecified atom stereocenters. The Labute approximate surface area is 122 Å². The first kappa shape index (κ1) is 18.9. The highest BCUT2D eigenvalue weighted by atomic mass is 15.1. The van der Waals surface area contributed by atoms with E-state index in [1.807, 2.05) is 0 Å². The molecule has 116 valence electrons. The summed E-state index contributed by atoms with van der Waals surface area (Å²) in [5, 5.41) is 3.59. The third-order valence-corrected chi connectivity index (χ3v) is 3.67. The van der Waals surface area contributed by atoms with Crippen LogP contribution in [0.3, 0.4) is 0 Å². The molecule has 0 aromatic heterocycles. The highest BCUT2D eigenvalue weighted by molar-refractivity contribution is 4.66. The SMILES string of the molecule is CCCNC(C)CCN(CCC(C)C)CCC(C)C. The summed E-state index contributed by atoms with van der Waals surface area (Å²) in [5.74, 6) is 1.63. The van der Waals surface area contributed by atoms with Crippen molar-refractivity contribution >= 4 is 0 Å². The average Bonchev–Trinajstić information content (AvgIpc) is 2.34. The van der Waals surface area contributed by atoms with Crippen molar-refractivity contribution in [3.8, 4) is 0 Å². The molecule has 0 aromatic rings. The molecule has 0 aromatic carbocycles. The van der Waals surface area contributed by atoms with E-state index in [-0.39, 0.29) is 0 Å². The summed E-state index contributed by atoms with van der Waals surface area (Å²) in [6.45, 7) is 18.8. The highest BCUT2D eigenvalue weighted by Crippen LogP contribution is 2.08. The van der Waals surface area contributed by atoms with Crippen LogP contribution in [0, 0.1) is 11.8 Å². The number of hydrogen-bond acceptors (Lipinski definition) is 2. The second kappa shape index (κ2) is 11.7. The third-order valence-electron chi connectivity index (χ3n) is 3.67. The third kappa shape index (κ3) is 12.7. The molecular formula is C17H38N2. The minimum atomic E-state index is 0.653. The maximum absolute atomic E-state index is 3.59. The molecule has 0 radical (unpaired) electrons. The van der Waals surface area contributed by atoms with Gasteiger partial charge in [0.05, 0.1) is 0 Å². The Balaban J connectivity index is 3.95. The Morgan fingerprint density at radius 3 is 1.68 bits per heavy atom. The minimum absolute atomic E-state index is 0.653. The molecule has 0 aliphatic carbocycles. The summed E-state index contributed by atoms with van der Waals surface area (Å²) in [4.78, 5) is 2.67. The van der Waals surface area contributed by atoms with Gasteiger partial charge < -0.3 is 10.2 Å². The molecule has 0 heterocycles. The fourth-order valence-corrected chi connectivity index (χ4v) is 2.09. The van der Waals surface area contributed by atoms with Gasteiger partial charge in [0, 0.05) is 6.04 Å². The lowest BCUT2D eigenvalue weighted by molar-refractivity contribution is 0.232. The predicted molar refractivity (Wildman–Crippen MR) is 87.7 cm³/mol. The van der Waals surface area contributed by atoms with E-state index in [9.17, 15) is 0 Å². The molecule has 1 atom stereocenters. The van der Waals surface area contributed by atoms with Crippen LogP contribution < -0.4 is 5.32 Å². The van der Waals surface area contributed by atoms with E-state index in [2.05, 4.69) is 51.8 Å². The summed E-state index contributed by atoms with van der Waals surface area (Å²) in [5.41, 5.74) is 0. The topological polar surface area (TPSA) is 15.3 Å². The summed E-state index contributed by atoms with van der Waals surface area (Å²) >= 11 is 0. The lowest BCUT2D eigenvalue weighted by Crippen LogP contribution is -2.34. The van der Waals surface area contributed by atoms with Crippen molar-refractivity contribution in [2.24, 2.45) is 11.8 Å². The van der Waals surface area contributed by atoms with E-state index < -0.39 is 0 Å². The number of rotatable bonds is 12. The van der Waals surface area contributed by atoms with E-state index in [0.29, 0.717) is 6.04 Å². The monoisotopic (exact) mass is 270 g/mol. The summed E-state index contributed by atoms with van der Waals surface area (Å²) in [6, 6.07) is 0.653. The van der Waals surface area contributed by atoms with Gasteiger partial charge in [-0.1, -0.05) is 34.6 Å². The Kier molecular flexibility index (Phi) is 11.7. The lowest BCUT2D eigenvalue weighted by Gasteiger charge is -2.26. The van der Waals surface area contributed by atoms with Gasteiger partial charge in [0.2, 0.25) is 0 Å². The van der Waals surface area contributed by atoms with Crippen LogP contribution in [0.2, 0.25) is 0 Å². The first-order valence-electron chi connectivity index (χ1n) is 8.41. The van der Waals surface area contributed by atoms with Gasteiger partial charge in [-0.3, -0.25) is 0 Å². The minimum Gasteiger partial charge on any atom is -0.314 e.